The van der Waals surface area contributed by atoms with Crippen molar-refractivity contribution in [3.63, 3.8) is 0 Å². The number of aryl methyl sites for hydroxylation is 1. The summed E-state index contributed by atoms with van der Waals surface area (Å²) in [7, 11) is 0. The zero-order chi connectivity index (χ0) is 11.8. The van der Waals surface area contributed by atoms with Crippen molar-refractivity contribution in [2.24, 2.45) is 5.73 Å². The minimum absolute atomic E-state index is 0.652. The maximum Gasteiger partial charge on any atom is 0.226 e. The van der Waals surface area contributed by atoms with E-state index < -0.39 is 0 Å². The number of nitrogens with zero attached hydrogens (tertiary/aromatic N) is 2. The first-order valence-corrected chi connectivity index (χ1v) is 6.94. The molecular formula is C11H21N3OS. The predicted octanol–water partition coefficient (Wildman–Crippen LogP) is 2.38. The molecule has 4 nitrogen and oxygen atoms in total. The number of nitrogens with two attached hydrogens (primary N) is 1. The minimum Gasteiger partial charge on any atom is -0.339 e. The lowest BCUT2D eigenvalue weighted by molar-refractivity contribution is 0.371. The van der Waals surface area contributed by atoms with Gasteiger partial charge < -0.3 is 10.3 Å². The number of unbranched alkanes of at least 4 members (excludes halogenated alkanes) is 1. The Balaban J connectivity index is 2.28. The van der Waals surface area contributed by atoms with E-state index in [1.807, 2.05) is 11.8 Å². The lowest BCUT2D eigenvalue weighted by Crippen LogP contribution is -1.99. The molecule has 0 aliphatic rings. The summed E-state index contributed by atoms with van der Waals surface area (Å²) in [4.78, 5) is 4.35. The molecular weight excluding hydrogens is 222 g/mol. The highest BCUT2D eigenvalue weighted by molar-refractivity contribution is 7.99. The van der Waals surface area contributed by atoms with Gasteiger partial charge in [0.15, 0.2) is 5.82 Å². The Hall–Kier alpha value is -0.550. The van der Waals surface area contributed by atoms with Gasteiger partial charge in [-0.3, -0.25) is 0 Å². The van der Waals surface area contributed by atoms with Crippen molar-refractivity contribution in [2.45, 2.75) is 50.5 Å². The second-order valence-electron chi connectivity index (χ2n) is 3.88. The molecule has 16 heavy (non-hydrogen) atoms. The molecule has 1 atom stereocenters. The van der Waals surface area contributed by atoms with E-state index in [0.29, 0.717) is 5.25 Å². The molecule has 1 unspecified atom stereocenters. The van der Waals surface area contributed by atoms with Crippen molar-refractivity contribution >= 4 is 11.8 Å². The van der Waals surface area contributed by atoms with Crippen molar-refractivity contribution in [1.29, 1.82) is 0 Å². The maximum absolute atomic E-state index is 5.42. The van der Waals surface area contributed by atoms with Crippen LogP contribution in [-0.4, -0.2) is 21.9 Å². The van der Waals surface area contributed by atoms with Gasteiger partial charge in [0.05, 0.1) is 5.75 Å². The first kappa shape index (κ1) is 13.5. The highest BCUT2D eigenvalue weighted by Gasteiger charge is 2.07. The van der Waals surface area contributed by atoms with Crippen LogP contribution in [0.4, 0.5) is 0 Å². The standard InChI is InChI=1S/C11H21N3OS/c1-3-9(2)16-8-10-13-11(15-14-10)6-4-5-7-12/h9H,3-8,12H2,1-2H3. The van der Waals surface area contributed by atoms with Crippen molar-refractivity contribution in [3.05, 3.63) is 11.7 Å². The fourth-order valence-electron chi connectivity index (χ4n) is 1.21. The van der Waals surface area contributed by atoms with Crippen LogP contribution >= 0.6 is 11.8 Å². The lowest BCUT2D eigenvalue weighted by atomic mass is 10.2. The normalized spacial score (nSPS) is 12.9. The van der Waals surface area contributed by atoms with Crippen LogP contribution in [0.5, 0.6) is 0 Å². The number of hydrogen-bond donors (Lipinski definition) is 1. The quantitative estimate of drug-likeness (QED) is 0.710. The van der Waals surface area contributed by atoms with Gasteiger partial charge in [0.1, 0.15) is 0 Å². The van der Waals surface area contributed by atoms with E-state index in [1.165, 1.54) is 6.42 Å². The number of rotatable bonds is 8. The monoisotopic (exact) mass is 243 g/mol. The van der Waals surface area contributed by atoms with Gasteiger partial charge in [-0.2, -0.15) is 16.7 Å². The molecule has 1 aromatic heterocycles. The average Bonchev–Trinajstić information content (AvgIpc) is 2.74. The summed E-state index contributed by atoms with van der Waals surface area (Å²) in [6, 6.07) is 0. The van der Waals surface area contributed by atoms with Crippen LogP contribution in [0.15, 0.2) is 4.52 Å². The molecule has 2 N–H and O–H groups in total. The van der Waals surface area contributed by atoms with E-state index in [1.54, 1.807) is 0 Å². The second-order valence-corrected chi connectivity index (χ2v) is 5.31. The van der Waals surface area contributed by atoms with Gasteiger partial charge in [-0.15, -0.1) is 0 Å². The molecule has 0 fully saturated rings. The summed E-state index contributed by atoms with van der Waals surface area (Å²) in [5.41, 5.74) is 5.42. The molecule has 1 rings (SSSR count). The van der Waals surface area contributed by atoms with E-state index in [9.17, 15) is 0 Å². The summed E-state index contributed by atoms with van der Waals surface area (Å²) in [6.45, 7) is 5.13. The highest BCUT2D eigenvalue weighted by atomic mass is 32.2. The van der Waals surface area contributed by atoms with Gasteiger partial charge in [-0.25, -0.2) is 0 Å². The lowest BCUT2D eigenvalue weighted by Gasteiger charge is -2.04. The minimum atomic E-state index is 0.652. The van der Waals surface area contributed by atoms with Crippen LogP contribution in [0.3, 0.4) is 0 Å². The molecule has 0 amide bonds. The molecule has 5 heteroatoms. The summed E-state index contributed by atoms with van der Waals surface area (Å²) >= 11 is 1.87. The zero-order valence-electron chi connectivity index (χ0n) is 10.1. The molecule has 0 bridgehead atoms. The molecule has 0 aliphatic heterocycles. The van der Waals surface area contributed by atoms with Crippen molar-refractivity contribution in [1.82, 2.24) is 10.1 Å². The molecule has 0 aliphatic carbocycles. The van der Waals surface area contributed by atoms with Crippen LogP contribution in [-0.2, 0) is 12.2 Å². The number of thioether (sulfide) groups is 1. The van der Waals surface area contributed by atoms with Crippen molar-refractivity contribution in [2.75, 3.05) is 6.54 Å². The van der Waals surface area contributed by atoms with Crippen LogP contribution in [0.2, 0.25) is 0 Å². The van der Waals surface area contributed by atoms with Crippen LogP contribution < -0.4 is 5.73 Å². The summed E-state index contributed by atoms with van der Waals surface area (Å²) in [5, 5.41) is 4.62. The molecule has 1 aromatic rings. The summed E-state index contributed by atoms with van der Waals surface area (Å²) in [5.74, 6) is 2.40. The van der Waals surface area contributed by atoms with E-state index >= 15 is 0 Å². The highest BCUT2D eigenvalue weighted by Crippen LogP contribution is 2.18. The van der Waals surface area contributed by atoms with Crippen LogP contribution in [0.25, 0.3) is 0 Å². The molecule has 1 heterocycles. The topological polar surface area (TPSA) is 64.9 Å². The first-order valence-electron chi connectivity index (χ1n) is 5.89. The first-order chi connectivity index (χ1) is 7.76. The smallest absolute Gasteiger partial charge is 0.226 e. The molecule has 0 spiro atoms. The molecule has 0 saturated heterocycles. The fourth-order valence-corrected chi connectivity index (χ4v) is 1.99. The predicted molar refractivity (Wildman–Crippen MR) is 67.3 cm³/mol. The zero-order valence-corrected chi connectivity index (χ0v) is 10.9. The van der Waals surface area contributed by atoms with Gasteiger partial charge in [-0.05, 0) is 25.8 Å². The van der Waals surface area contributed by atoms with Gasteiger partial charge in [-0.1, -0.05) is 19.0 Å². The maximum atomic E-state index is 5.42. The van der Waals surface area contributed by atoms with E-state index in [4.69, 9.17) is 10.3 Å². The largest absolute Gasteiger partial charge is 0.339 e. The van der Waals surface area contributed by atoms with E-state index in [0.717, 1.165) is 43.3 Å². The third kappa shape index (κ3) is 4.99. The third-order valence-corrected chi connectivity index (χ3v) is 3.75. The molecule has 0 saturated carbocycles. The van der Waals surface area contributed by atoms with Crippen LogP contribution in [0.1, 0.15) is 44.8 Å². The Bertz CT molecular complexity index is 291. The second kappa shape index (κ2) is 7.68. The van der Waals surface area contributed by atoms with Crippen molar-refractivity contribution in [3.8, 4) is 0 Å². The molecule has 92 valence electrons. The van der Waals surface area contributed by atoms with Gasteiger partial charge in [0.2, 0.25) is 5.89 Å². The third-order valence-electron chi connectivity index (χ3n) is 2.43. The summed E-state index contributed by atoms with van der Waals surface area (Å²) in [6.07, 6.45) is 4.06. The average molecular weight is 243 g/mol. The van der Waals surface area contributed by atoms with Crippen LogP contribution in [0, 0.1) is 0 Å². The Morgan fingerprint density at radius 3 is 2.94 bits per heavy atom. The Kier molecular flexibility index (Phi) is 6.49. The number of hydrogen-bond acceptors (Lipinski definition) is 5. The van der Waals surface area contributed by atoms with Gasteiger partial charge >= 0.3 is 0 Å². The van der Waals surface area contributed by atoms with Gasteiger partial charge in [0.25, 0.3) is 0 Å². The Morgan fingerprint density at radius 1 is 1.44 bits per heavy atom. The van der Waals surface area contributed by atoms with Gasteiger partial charge in [0, 0.05) is 11.7 Å². The Labute approximate surface area is 101 Å². The molecule has 0 radical (unpaired) electrons. The summed E-state index contributed by atoms with van der Waals surface area (Å²) < 4.78 is 5.16. The molecule has 0 aromatic carbocycles. The van der Waals surface area contributed by atoms with Crippen molar-refractivity contribution < 1.29 is 4.52 Å². The Morgan fingerprint density at radius 2 is 2.25 bits per heavy atom. The van der Waals surface area contributed by atoms with E-state index in [2.05, 4.69) is 24.0 Å². The number of aromatic nitrogens is 2. The fraction of sp³-hybridized carbons (Fsp3) is 0.818. The van der Waals surface area contributed by atoms with E-state index in [-0.39, 0.29) is 0 Å². The SMILES string of the molecule is CCC(C)SCc1noc(CCCCN)n1.